The molecule has 0 aromatic heterocycles. The highest BCUT2D eigenvalue weighted by atomic mass is 16.6. The summed E-state index contributed by atoms with van der Waals surface area (Å²) in [6.45, 7) is -0.313. The van der Waals surface area contributed by atoms with Gasteiger partial charge in [-0.3, -0.25) is 0 Å². The van der Waals surface area contributed by atoms with Crippen molar-refractivity contribution in [1.82, 2.24) is 0 Å². The van der Waals surface area contributed by atoms with Gasteiger partial charge in [0.15, 0.2) is 0 Å². The number of aliphatic hydroxyl groups is 4. The minimum atomic E-state index is -1.32. The largest absolute Gasteiger partial charge is 0.394 e. The van der Waals surface area contributed by atoms with Gasteiger partial charge in [-0.15, -0.1) is 0 Å². The van der Waals surface area contributed by atoms with Crippen molar-refractivity contribution in [1.29, 1.82) is 0 Å². The van der Waals surface area contributed by atoms with Gasteiger partial charge in [0.2, 0.25) is 0 Å². The minimum absolute atomic E-state index is 0.0987. The monoisotopic (exact) mass is 208 g/mol. The van der Waals surface area contributed by atoms with Gasteiger partial charge in [0.05, 0.1) is 13.2 Å². The fourth-order valence-electron chi connectivity index (χ4n) is 1.48. The fraction of sp³-hybridized carbons (Fsp3) is 1.00. The molecule has 84 valence electrons. The van der Waals surface area contributed by atoms with Crippen LogP contribution in [0.25, 0.3) is 0 Å². The first-order valence-corrected chi connectivity index (χ1v) is 4.41. The molecule has 0 bridgehead atoms. The summed E-state index contributed by atoms with van der Waals surface area (Å²) in [4.78, 5) is 0. The molecular weight excluding hydrogens is 192 g/mol. The number of rotatable bonds is 3. The normalized spacial score (nSPS) is 43.9. The second kappa shape index (κ2) is 5.01. The summed E-state index contributed by atoms with van der Waals surface area (Å²) in [6, 6.07) is 0. The molecule has 4 N–H and O–H groups in total. The molecule has 6 heteroatoms. The van der Waals surface area contributed by atoms with E-state index in [1.165, 1.54) is 7.11 Å². The maximum atomic E-state index is 9.46. The van der Waals surface area contributed by atoms with Crippen molar-refractivity contribution < 1.29 is 29.9 Å². The molecule has 1 aliphatic rings. The Morgan fingerprint density at radius 1 is 1.07 bits per heavy atom. The molecule has 5 atom stereocenters. The van der Waals surface area contributed by atoms with Gasteiger partial charge in [-0.1, -0.05) is 0 Å². The van der Waals surface area contributed by atoms with Gasteiger partial charge < -0.3 is 29.9 Å². The van der Waals surface area contributed by atoms with Crippen LogP contribution in [0.5, 0.6) is 0 Å². The van der Waals surface area contributed by atoms with Gasteiger partial charge >= 0.3 is 0 Å². The molecule has 1 unspecified atom stereocenters. The molecule has 1 rings (SSSR count). The topological polar surface area (TPSA) is 99.4 Å². The second-order valence-corrected chi connectivity index (χ2v) is 3.32. The van der Waals surface area contributed by atoms with Crippen LogP contribution < -0.4 is 0 Å². The van der Waals surface area contributed by atoms with E-state index >= 15 is 0 Å². The summed E-state index contributed by atoms with van der Waals surface area (Å²) in [5, 5.41) is 37.0. The van der Waals surface area contributed by atoms with Gasteiger partial charge in [0.1, 0.15) is 30.5 Å². The number of hydrogen-bond donors (Lipinski definition) is 4. The van der Waals surface area contributed by atoms with Crippen molar-refractivity contribution in [3.05, 3.63) is 0 Å². The van der Waals surface area contributed by atoms with Crippen molar-refractivity contribution in [3.63, 3.8) is 0 Å². The van der Waals surface area contributed by atoms with E-state index in [0.717, 1.165) is 0 Å². The number of methoxy groups -OCH3 is 1. The Morgan fingerprint density at radius 2 is 1.64 bits per heavy atom. The lowest BCUT2D eigenvalue weighted by molar-refractivity contribution is -0.237. The highest BCUT2D eigenvalue weighted by Gasteiger charge is 2.43. The lowest BCUT2D eigenvalue weighted by Gasteiger charge is -2.39. The fourth-order valence-corrected chi connectivity index (χ4v) is 1.48. The number of hydrogen-bond acceptors (Lipinski definition) is 6. The van der Waals surface area contributed by atoms with Gasteiger partial charge in [0.25, 0.3) is 0 Å². The molecular formula is C8H16O6. The van der Waals surface area contributed by atoms with Crippen molar-refractivity contribution in [2.45, 2.75) is 30.5 Å². The number of aliphatic hydroxyl groups excluding tert-OH is 4. The van der Waals surface area contributed by atoms with E-state index in [4.69, 9.17) is 14.6 Å². The van der Waals surface area contributed by atoms with Gasteiger partial charge in [0, 0.05) is 7.11 Å². The smallest absolute Gasteiger partial charge is 0.111 e. The third kappa shape index (κ3) is 2.22. The highest BCUT2D eigenvalue weighted by molar-refractivity contribution is 4.91. The van der Waals surface area contributed by atoms with E-state index in [-0.39, 0.29) is 6.61 Å². The Kier molecular flexibility index (Phi) is 4.24. The van der Waals surface area contributed by atoms with Crippen LogP contribution in [-0.2, 0) is 9.47 Å². The second-order valence-electron chi connectivity index (χ2n) is 3.32. The van der Waals surface area contributed by atoms with Crippen molar-refractivity contribution in [2.24, 2.45) is 0 Å². The van der Waals surface area contributed by atoms with Crippen LogP contribution in [0.3, 0.4) is 0 Å². The first-order chi connectivity index (χ1) is 6.61. The summed E-state index contributed by atoms with van der Waals surface area (Å²) >= 11 is 0. The first-order valence-electron chi connectivity index (χ1n) is 4.41. The summed E-state index contributed by atoms with van der Waals surface area (Å²) in [7, 11) is 1.43. The van der Waals surface area contributed by atoms with Crippen LogP contribution in [0, 0.1) is 0 Å². The predicted octanol–water partition coefficient (Wildman–Crippen LogP) is -2.52. The SMILES string of the molecule is COC[C@@H]1O[C@H](CO)C(O)[C@H](O)[C@H]1O. The Labute approximate surface area is 81.7 Å². The third-order valence-electron chi connectivity index (χ3n) is 2.32. The Balaban J connectivity index is 2.63. The molecule has 1 fully saturated rings. The quantitative estimate of drug-likeness (QED) is 0.408. The molecule has 1 heterocycles. The minimum Gasteiger partial charge on any atom is -0.394 e. The standard InChI is InChI=1S/C8H16O6/c1-13-3-5-7(11)8(12)6(10)4(2-9)14-5/h4-12H,2-3H2,1H3/t4-,5+,6?,7+,8+/m1/s1. The summed E-state index contributed by atoms with van der Waals surface area (Å²) in [5.74, 6) is 0. The molecule has 0 radical (unpaired) electrons. The van der Waals surface area contributed by atoms with E-state index in [1.54, 1.807) is 0 Å². The molecule has 6 nitrogen and oxygen atoms in total. The highest BCUT2D eigenvalue weighted by Crippen LogP contribution is 2.20. The predicted molar refractivity (Wildman–Crippen MR) is 45.6 cm³/mol. The molecule has 0 saturated carbocycles. The molecule has 0 aromatic carbocycles. The molecule has 14 heavy (non-hydrogen) atoms. The summed E-state index contributed by atoms with van der Waals surface area (Å²) in [5.41, 5.74) is 0. The van der Waals surface area contributed by atoms with Gasteiger partial charge in [-0.05, 0) is 0 Å². The van der Waals surface area contributed by atoms with Gasteiger partial charge in [-0.25, -0.2) is 0 Å². The third-order valence-corrected chi connectivity index (χ3v) is 2.32. The van der Waals surface area contributed by atoms with Gasteiger partial charge in [-0.2, -0.15) is 0 Å². The van der Waals surface area contributed by atoms with Crippen LogP contribution in [0.4, 0.5) is 0 Å². The molecule has 0 amide bonds. The Hall–Kier alpha value is -0.240. The molecule has 1 saturated heterocycles. The molecule has 0 aliphatic carbocycles. The zero-order valence-corrected chi connectivity index (χ0v) is 7.91. The average molecular weight is 208 g/mol. The lowest BCUT2D eigenvalue weighted by Crippen LogP contribution is -2.59. The zero-order chi connectivity index (χ0) is 10.7. The van der Waals surface area contributed by atoms with Crippen LogP contribution in [-0.4, -0.2) is 71.3 Å². The first kappa shape index (κ1) is 11.8. The number of ether oxygens (including phenoxy) is 2. The molecule has 0 aromatic rings. The van der Waals surface area contributed by atoms with E-state index in [2.05, 4.69) is 0 Å². The van der Waals surface area contributed by atoms with Crippen LogP contribution >= 0.6 is 0 Å². The maximum Gasteiger partial charge on any atom is 0.111 e. The Morgan fingerprint density at radius 3 is 2.14 bits per heavy atom. The molecule has 0 spiro atoms. The van der Waals surface area contributed by atoms with E-state index in [1.807, 2.05) is 0 Å². The zero-order valence-electron chi connectivity index (χ0n) is 7.91. The summed E-state index contributed by atoms with van der Waals surface area (Å²) < 4.78 is 9.90. The molecule has 1 aliphatic heterocycles. The maximum absolute atomic E-state index is 9.46. The van der Waals surface area contributed by atoms with E-state index < -0.39 is 37.1 Å². The van der Waals surface area contributed by atoms with Crippen molar-refractivity contribution in [2.75, 3.05) is 20.3 Å². The van der Waals surface area contributed by atoms with E-state index in [9.17, 15) is 15.3 Å². The van der Waals surface area contributed by atoms with Crippen LogP contribution in [0.1, 0.15) is 0 Å². The summed E-state index contributed by atoms with van der Waals surface area (Å²) in [6.07, 6.45) is -5.40. The lowest BCUT2D eigenvalue weighted by atomic mass is 9.95. The average Bonchev–Trinajstić information content (AvgIpc) is 2.19. The van der Waals surface area contributed by atoms with Crippen LogP contribution in [0.2, 0.25) is 0 Å². The van der Waals surface area contributed by atoms with Crippen molar-refractivity contribution in [3.8, 4) is 0 Å². The Bertz CT molecular complexity index is 171. The van der Waals surface area contributed by atoms with E-state index in [0.29, 0.717) is 0 Å². The van der Waals surface area contributed by atoms with Crippen molar-refractivity contribution >= 4 is 0 Å². The van der Waals surface area contributed by atoms with Crippen LogP contribution in [0.15, 0.2) is 0 Å².